The van der Waals surface area contributed by atoms with Crippen molar-refractivity contribution in [3.05, 3.63) is 64.2 Å². The van der Waals surface area contributed by atoms with Crippen LogP contribution in [-0.2, 0) is 24.8 Å². The SMILES string of the molecule is CNc1cccc(-c2cccc(NC(=O)c3nc4c(n3C)CCN(C3CCC(C)(C(=O)O)CC3)C4)c2C)c1Cl. The van der Waals surface area contributed by atoms with Crippen LogP contribution in [0.1, 0.15) is 60.2 Å². The molecular formula is C30H36ClN5O3. The normalized spacial score (nSPS) is 21.3. The molecule has 1 aromatic heterocycles. The molecule has 2 aliphatic rings. The van der Waals surface area contributed by atoms with Crippen molar-refractivity contribution in [2.24, 2.45) is 12.5 Å². The lowest BCUT2D eigenvalue weighted by Crippen LogP contribution is -2.44. The third kappa shape index (κ3) is 5.03. The molecule has 206 valence electrons. The first-order valence-corrected chi connectivity index (χ1v) is 13.9. The van der Waals surface area contributed by atoms with E-state index in [9.17, 15) is 14.7 Å². The van der Waals surface area contributed by atoms with E-state index in [1.165, 1.54) is 0 Å². The highest BCUT2D eigenvalue weighted by atomic mass is 35.5. The molecule has 0 saturated heterocycles. The molecule has 3 aromatic rings. The third-order valence-electron chi connectivity index (χ3n) is 8.72. The lowest BCUT2D eigenvalue weighted by molar-refractivity contribution is -0.150. The predicted molar refractivity (Wildman–Crippen MR) is 154 cm³/mol. The molecule has 9 heteroatoms. The molecule has 1 aliphatic carbocycles. The Labute approximate surface area is 234 Å². The Balaban J connectivity index is 1.32. The zero-order valence-corrected chi connectivity index (χ0v) is 23.7. The van der Waals surface area contributed by atoms with Crippen molar-refractivity contribution in [1.29, 1.82) is 0 Å². The van der Waals surface area contributed by atoms with Gasteiger partial charge in [0.2, 0.25) is 0 Å². The molecule has 0 radical (unpaired) electrons. The fourth-order valence-corrected chi connectivity index (χ4v) is 6.38. The van der Waals surface area contributed by atoms with Gasteiger partial charge in [-0.1, -0.05) is 35.9 Å². The molecule has 5 rings (SSSR count). The van der Waals surface area contributed by atoms with E-state index in [4.69, 9.17) is 16.6 Å². The average molecular weight is 550 g/mol. The number of aliphatic carboxylic acids is 1. The first-order chi connectivity index (χ1) is 18.6. The quantitative estimate of drug-likeness (QED) is 0.363. The highest BCUT2D eigenvalue weighted by Gasteiger charge is 2.40. The molecule has 2 aromatic carbocycles. The maximum Gasteiger partial charge on any atom is 0.309 e. The fourth-order valence-electron chi connectivity index (χ4n) is 6.06. The van der Waals surface area contributed by atoms with Crippen molar-refractivity contribution >= 4 is 34.9 Å². The molecule has 1 saturated carbocycles. The summed E-state index contributed by atoms with van der Waals surface area (Å²) in [7, 11) is 3.74. The number of fused-ring (bicyclic) bond motifs is 1. The van der Waals surface area contributed by atoms with Crippen molar-refractivity contribution in [1.82, 2.24) is 14.5 Å². The van der Waals surface area contributed by atoms with Crippen LogP contribution in [0.25, 0.3) is 11.1 Å². The van der Waals surface area contributed by atoms with Crippen LogP contribution in [0.2, 0.25) is 5.02 Å². The molecule has 0 spiro atoms. The zero-order valence-electron chi connectivity index (χ0n) is 23.0. The summed E-state index contributed by atoms with van der Waals surface area (Å²) < 4.78 is 1.91. The Morgan fingerprint density at radius 1 is 1.10 bits per heavy atom. The second-order valence-electron chi connectivity index (χ2n) is 11.1. The van der Waals surface area contributed by atoms with E-state index < -0.39 is 11.4 Å². The molecule has 1 fully saturated rings. The van der Waals surface area contributed by atoms with E-state index in [0.717, 1.165) is 65.3 Å². The molecule has 0 atom stereocenters. The Morgan fingerprint density at radius 2 is 1.77 bits per heavy atom. The Kier molecular flexibility index (Phi) is 7.44. The minimum Gasteiger partial charge on any atom is -0.481 e. The molecule has 1 amide bonds. The molecule has 1 aliphatic heterocycles. The highest BCUT2D eigenvalue weighted by molar-refractivity contribution is 6.36. The number of nitrogens with one attached hydrogen (secondary N) is 2. The number of carboxylic acids is 1. The van der Waals surface area contributed by atoms with Crippen LogP contribution in [-0.4, -0.2) is 51.1 Å². The smallest absolute Gasteiger partial charge is 0.309 e. The number of carbonyl (C=O) groups is 2. The van der Waals surface area contributed by atoms with Crippen molar-refractivity contribution in [3.63, 3.8) is 0 Å². The Morgan fingerprint density at radius 3 is 2.44 bits per heavy atom. The van der Waals surface area contributed by atoms with Gasteiger partial charge in [-0.2, -0.15) is 0 Å². The van der Waals surface area contributed by atoms with Gasteiger partial charge in [-0.15, -0.1) is 0 Å². The van der Waals surface area contributed by atoms with Crippen LogP contribution < -0.4 is 10.6 Å². The maximum atomic E-state index is 13.4. The summed E-state index contributed by atoms with van der Waals surface area (Å²) in [4.78, 5) is 32.3. The first-order valence-electron chi connectivity index (χ1n) is 13.5. The lowest BCUT2D eigenvalue weighted by Gasteiger charge is -2.41. The Hall–Kier alpha value is -3.36. The monoisotopic (exact) mass is 549 g/mol. The summed E-state index contributed by atoms with van der Waals surface area (Å²) in [5.74, 6) is -0.551. The number of benzene rings is 2. The minimum absolute atomic E-state index is 0.247. The second-order valence-corrected chi connectivity index (χ2v) is 11.4. The van der Waals surface area contributed by atoms with Gasteiger partial charge < -0.3 is 20.3 Å². The number of rotatable bonds is 6. The molecule has 2 heterocycles. The largest absolute Gasteiger partial charge is 0.481 e. The summed E-state index contributed by atoms with van der Waals surface area (Å²) in [6.07, 6.45) is 3.93. The van der Waals surface area contributed by atoms with Gasteiger partial charge in [0.25, 0.3) is 5.91 Å². The minimum atomic E-state index is -0.697. The van der Waals surface area contributed by atoms with Gasteiger partial charge >= 0.3 is 5.97 Å². The number of amides is 1. The van der Waals surface area contributed by atoms with Crippen LogP contribution in [0, 0.1) is 12.3 Å². The molecule has 8 nitrogen and oxygen atoms in total. The number of aromatic nitrogens is 2. The summed E-state index contributed by atoms with van der Waals surface area (Å²) in [5.41, 5.74) is 5.74. The third-order valence-corrected chi connectivity index (χ3v) is 9.13. The number of hydrogen-bond acceptors (Lipinski definition) is 5. The standard InChI is InChI=1S/C30H36ClN5O3/c1-18-20(21-8-6-10-23(32-3)26(21)31)7-5-9-22(18)34-28(37)27-33-24-17-36(16-13-25(24)35(27)4)19-11-14-30(2,15-12-19)29(38)39/h5-10,19,32H,11-17H2,1-4H3,(H,34,37)(H,38,39). The molecule has 0 bridgehead atoms. The predicted octanol–water partition coefficient (Wildman–Crippen LogP) is 5.73. The van der Waals surface area contributed by atoms with Gasteiger partial charge in [-0.25, -0.2) is 4.98 Å². The summed E-state index contributed by atoms with van der Waals surface area (Å²) in [6.45, 7) is 5.40. The van der Waals surface area contributed by atoms with Crippen LogP contribution >= 0.6 is 11.6 Å². The van der Waals surface area contributed by atoms with E-state index in [1.54, 1.807) is 0 Å². The van der Waals surface area contributed by atoms with Gasteiger partial charge in [-0.05, 0) is 62.8 Å². The van der Waals surface area contributed by atoms with E-state index in [2.05, 4.69) is 15.5 Å². The molecule has 39 heavy (non-hydrogen) atoms. The van der Waals surface area contributed by atoms with Crippen LogP contribution in [0.5, 0.6) is 0 Å². The van der Waals surface area contributed by atoms with E-state index >= 15 is 0 Å². The van der Waals surface area contributed by atoms with Gasteiger partial charge in [0.15, 0.2) is 5.82 Å². The number of carboxylic acid groups (broad SMARTS) is 1. The van der Waals surface area contributed by atoms with Gasteiger partial charge in [0.05, 0.1) is 21.8 Å². The topological polar surface area (TPSA) is 99.5 Å². The summed E-state index contributed by atoms with van der Waals surface area (Å²) in [5, 5.41) is 16.4. The van der Waals surface area contributed by atoms with Gasteiger partial charge in [0.1, 0.15) is 0 Å². The number of nitrogens with zero attached hydrogens (tertiary/aromatic N) is 3. The van der Waals surface area contributed by atoms with Crippen molar-refractivity contribution in [2.45, 2.75) is 58.5 Å². The van der Waals surface area contributed by atoms with Gasteiger partial charge in [0, 0.05) is 56.6 Å². The molecular weight excluding hydrogens is 514 g/mol. The number of imidazole rings is 1. The van der Waals surface area contributed by atoms with Crippen LogP contribution in [0.15, 0.2) is 36.4 Å². The van der Waals surface area contributed by atoms with Crippen LogP contribution in [0.4, 0.5) is 11.4 Å². The number of halogens is 1. The van der Waals surface area contributed by atoms with E-state index in [-0.39, 0.29) is 5.91 Å². The molecule has 0 unspecified atom stereocenters. The zero-order chi connectivity index (χ0) is 27.9. The second kappa shape index (κ2) is 10.7. The average Bonchev–Trinajstić information content (AvgIpc) is 3.26. The number of hydrogen-bond donors (Lipinski definition) is 3. The number of anilines is 2. The maximum absolute atomic E-state index is 13.4. The van der Waals surface area contributed by atoms with E-state index in [0.29, 0.717) is 36.3 Å². The van der Waals surface area contributed by atoms with Gasteiger partial charge in [-0.3, -0.25) is 14.5 Å². The highest BCUT2D eigenvalue weighted by Crippen LogP contribution is 2.39. The fraction of sp³-hybridized carbons (Fsp3) is 0.433. The number of carbonyl (C=O) groups excluding carboxylic acids is 1. The first kappa shape index (κ1) is 27.2. The van der Waals surface area contributed by atoms with Crippen LogP contribution in [0.3, 0.4) is 0 Å². The van der Waals surface area contributed by atoms with Crippen molar-refractivity contribution in [2.75, 3.05) is 24.2 Å². The van der Waals surface area contributed by atoms with Crippen molar-refractivity contribution in [3.8, 4) is 11.1 Å². The Bertz CT molecular complexity index is 1420. The van der Waals surface area contributed by atoms with E-state index in [1.807, 2.05) is 68.9 Å². The van der Waals surface area contributed by atoms with Crippen molar-refractivity contribution < 1.29 is 14.7 Å². The summed E-state index contributed by atoms with van der Waals surface area (Å²) in [6, 6.07) is 12.0. The lowest BCUT2D eigenvalue weighted by atomic mass is 9.73. The summed E-state index contributed by atoms with van der Waals surface area (Å²) >= 11 is 6.65. The molecule has 3 N–H and O–H groups in total.